The van der Waals surface area contributed by atoms with Crippen LogP contribution in [0.5, 0.6) is 0 Å². The van der Waals surface area contributed by atoms with Crippen molar-refractivity contribution in [3.05, 3.63) is 11.8 Å². The molecule has 0 atom stereocenters. The summed E-state index contributed by atoms with van der Waals surface area (Å²) in [5, 5.41) is 9.38. The summed E-state index contributed by atoms with van der Waals surface area (Å²) in [5.74, 6) is -2.19. The molecular formula is C11H19N3O4. The molecule has 0 rings (SSSR count). The number of carbonyl (C=O) groups is 3. The Morgan fingerprint density at radius 2 is 1.50 bits per heavy atom. The number of aliphatic hydroxyl groups is 1. The summed E-state index contributed by atoms with van der Waals surface area (Å²) >= 11 is 0. The zero-order valence-electron chi connectivity index (χ0n) is 11.3. The van der Waals surface area contributed by atoms with Crippen LogP contribution in [0.2, 0.25) is 0 Å². The van der Waals surface area contributed by atoms with Gasteiger partial charge in [0.1, 0.15) is 0 Å². The Hall–Kier alpha value is -2.05. The minimum atomic E-state index is -0.671. The summed E-state index contributed by atoms with van der Waals surface area (Å²) in [6, 6.07) is 0. The Morgan fingerprint density at radius 1 is 1.00 bits per heavy atom. The molecule has 0 aliphatic heterocycles. The van der Waals surface area contributed by atoms with Crippen LogP contribution in [0, 0.1) is 0 Å². The zero-order chi connectivity index (χ0) is 14.5. The minimum absolute atomic E-state index is 0.119. The van der Waals surface area contributed by atoms with Crippen LogP contribution >= 0.6 is 0 Å². The van der Waals surface area contributed by atoms with Gasteiger partial charge < -0.3 is 19.8 Å². The maximum Gasteiger partial charge on any atom is 0.288 e. The highest BCUT2D eigenvalue weighted by atomic mass is 16.3. The summed E-state index contributed by atoms with van der Waals surface area (Å²) < 4.78 is 0. The lowest BCUT2D eigenvalue weighted by Crippen LogP contribution is -2.37. The van der Waals surface area contributed by atoms with Crippen molar-refractivity contribution >= 4 is 17.7 Å². The van der Waals surface area contributed by atoms with Gasteiger partial charge in [-0.2, -0.15) is 0 Å². The number of likely N-dealkylation sites (N-methyl/N-ethyl adjacent to an activating group) is 3. The fourth-order valence-corrected chi connectivity index (χ4v) is 0.940. The normalized spacial score (nSPS) is 10.8. The molecule has 0 aromatic carbocycles. The third-order valence-electron chi connectivity index (χ3n) is 2.13. The van der Waals surface area contributed by atoms with Gasteiger partial charge in [-0.25, -0.2) is 0 Å². The van der Waals surface area contributed by atoms with E-state index in [0.29, 0.717) is 0 Å². The van der Waals surface area contributed by atoms with Crippen molar-refractivity contribution in [3.63, 3.8) is 0 Å². The molecule has 7 heteroatoms. The van der Waals surface area contributed by atoms with Gasteiger partial charge in [0.05, 0.1) is 12.6 Å². The Morgan fingerprint density at radius 3 is 1.89 bits per heavy atom. The standard InChI is InChI=1S/C11H19N3O4/c1-12(2)10(17)7-14(5)9(16)6-8(15)11(18)13(3)4/h6,15H,7H2,1-5H3. The van der Waals surface area contributed by atoms with Crippen molar-refractivity contribution in [3.8, 4) is 0 Å². The summed E-state index contributed by atoms with van der Waals surface area (Å²) in [4.78, 5) is 37.8. The molecule has 0 aromatic rings. The van der Waals surface area contributed by atoms with Crippen LogP contribution in [0.3, 0.4) is 0 Å². The number of carbonyl (C=O) groups excluding carboxylic acids is 3. The van der Waals surface area contributed by atoms with Crippen LogP contribution in [0.15, 0.2) is 11.8 Å². The lowest BCUT2D eigenvalue weighted by atomic mass is 10.3. The van der Waals surface area contributed by atoms with Crippen molar-refractivity contribution in [1.29, 1.82) is 0 Å². The van der Waals surface area contributed by atoms with Gasteiger partial charge in [0.15, 0.2) is 5.76 Å². The van der Waals surface area contributed by atoms with Crippen LogP contribution < -0.4 is 0 Å². The summed E-state index contributed by atoms with van der Waals surface area (Å²) in [5.41, 5.74) is 0. The van der Waals surface area contributed by atoms with Gasteiger partial charge in [-0.15, -0.1) is 0 Å². The number of hydrogen-bond donors (Lipinski definition) is 1. The van der Waals surface area contributed by atoms with Gasteiger partial charge in [0, 0.05) is 35.2 Å². The predicted molar refractivity (Wildman–Crippen MR) is 65.7 cm³/mol. The fourth-order valence-electron chi connectivity index (χ4n) is 0.940. The molecule has 0 unspecified atom stereocenters. The van der Waals surface area contributed by atoms with Crippen molar-refractivity contribution in [1.82, 2.24) is 14.7 Å². The first-order valence-electron chi connectivity index (χ1n) is 5.24. The monoisotopic (exact) mass is 257 g/mol. The highest BCUT2D eigenvalue weighted by Crippen LogP contribution is 1.97. The first-order chi connectivity index (χ1) is 8.16. The Kier molecular flexibility index (Phi) is 5.87. The molecule has 0 radical (unpaired) electrons. The molecule has 0 saturated heterocycles. The first-order valence-corrected chi connectivity index (χ1v) is 5.24. The summed E-state index contributed by atoms with van der Waals surface area (Å²) in [7, 11) is 7.47. The van der Waals surface area contributed by atoms with E-state index in [2.05, 4.69) is 0 Å². The van der Waals surface area contributed by atoms with Gasteiger partial charge in [0.25, 0.3) is 11.8 Å². The maximum absolute atomic E-state index is 11.6. The quantitative estimate of drug-likeness (QED) is 0.521. The topological polar surface area (TPSA) is 81.2 Å². The highest BCUT2D eigenvalue weighted by molar-refractivity contribution is 5.99. The molecule has 0 spiro atoms. The lowest BCUT2D eigenvalue weighted by Gasteiger charge is -2.18. The molecule has 0 heterocycles. The molecule has 0 saturated carbocycles. The summed E-state index contributed by atoms with van der Waals surface area (Å²) in [6.07, 6.45) is 0.797. The molecule has 1 N–H and O–H groups in total. The van der Waals surface area contributed by atoms with Crippen molar-refractivity contribution in [2.24, 2.45) is 0 Å². The summed E-state index contributed by atoms with van der Waals surface area (Å²) in [6.45, 7) is -0.119. The van der Waals surface area contributed by atoms with Crippen molar-refractivity contribution < 1.29 is 19.5 Å². The average molecular weight is 257 g/mol. The van der Waals surface area contributed by atoms with Crippen LogP contribution in [-0.2, 0) is 14.4 Å². The van der Waals surface area contributed by atoms with Crippen LogP contribution in [0.25, 0.3) is 0 Å². The second-order valence-electron chi connectivity index (χ2n) is 4.21. The average Bonchev–Trinajstić information content (AvgIpc) is 2.26. The van der Waals surface area contributed by atoms with Gasteiger partial charge in [0.2, 0.25) is 5.91 Å². The van der Waals surface area contributed by atoms with E-state index in [0.717, 1.165) is 15.9 Å². The highest BCUT2D eigenvalue weighted by Gasteiger charge is 2.16. The molecule has 0 aromatic heterocycles. The van der Waals surface area contributed by atoms with E-state index in [9.17, 15) is 19.5 Å². The van der Waals surface area contributed by atoms with Crippen LogP contribution in [0.4, 0.5) is 0 Å². The Labute approximate surface area is 106 Å². The van der Waals surface area contributed by atoms with E-state index in [1.807, 2.05) is 0 Å². The fraction of sp³-hybridized carbons (Fsp3) is 0.545. The number of nitrogens with zero attached hydrogens (tertiary/aromatic N) is 3. The van der Waals surface area contributed by atoms with Gasteiger partial charge in [-0.1, -0.05) is 0 Å². The van der Waals surface area contributed by atoms with E-state index in [1.54, 1.807) is 14.1 Å². The van der Waals surface area contributed by atoms with E-state index in [1.165, 1.54) is 26.0 Å². The van der Waals surface area contributed by atoms with E-state index >= 15 is 0 Å². The zero-order valence-corrected chi connectivity index (χ0v) is 11.3. The largest absolute Gasteiger partial charge is 0.503 e. The van der Waals surface area contributed by atoms with E-state index in [-0.39, 0.29) is 12.5 Å². The number of hydrogen-bond acceptors (Lipinski definition) is 4. The second-order valence-corrected chi connectivity index (χ2v) is 4.21. The third kappa shape index (κ3) is 4.86. The molecular weight excluding hydrogens is 238 g/mol. The molecule has 0 aliphatic rings. The molecule has 102 valence electrons. The smallest absolute Gasteiger partial charge is 0.288 e. The number of aliphatic hydroxyl groups excluding tert-OH is 1. The minimum Gasteiger partial charge on any atom is -0.503 e. The van der Waals surface area contributed by atoms with Crippen molar-refractivity contribution in [2.75, 3.05) is 41.8 Å². The molecule has 7 nitrogen and oxygen atoms in total. The molecule has 18 heavy (non-hydrogen) atoms. The second kappa shape index (κ2) is 6.63. The number of amides is 3. The van der Waals surface area contributed by atoms with Crippen molar-refractivity contribution in [2.45, 2.75) is 0 Å². The molecule has 0 bridgehead atoms. The van der Waals surface area contributed by atoms with Gasteiger partial charge >= 0.3 is 0 Å². The maximum atomic E-state index is 11.6. The Balaban J connectivity index is 4.62. The van der Waals surface area contributed by atoms with E-state index < -0.39 is 17.6 Å². The van der Waals surface area contributed by atoms with E-state index in [4.69, 9.17) is 0 Å². The van der Waals surface area contributed by atoms with Gasteiger partial charge in [-0.3, -0.25) is 14.4 Å². The lowest BCUT2D eigenvalue weighted by molar-refractivity contribution is -0.135. The molecule has 3 amide bonds. The number of rotatable bonds is 4. The SMILES string of the molecule is CN(C)C(=O)CN(C)C(=O)C=C(O)C(=O)N(C)C. The van der Waals surface area contributed by atoms with Crippen LogP contribution in [-0.4, -0.2) is 79.3 Å². The predicted octanol–water partition coefficient (Wildman–Crippen LogP) is -0.937. The van der Waals surface area contributed by atoms with Gasteiger partial charge in [-0.05, 0) is 0 Å². The molecule has 0 fully saturated rings. The van der Waals surface area contributed by atoms with Crippen LogP contribution in [0.1, 0.15) is 0 Å². The first kappa shape index (κ1) is 16.0. The molecule has 0 aliphatic carbocycles. The third-order valence-corrected chi connectivity index (χ3v) is 2.13. The Bertz CT molecular complexity index is 374.